The molecule has 0 radical (unpaired) electrons. The van der Waals surface area contributed by atoms with Gasteiger partial charge in [-0.3, -0.25) is 4.79 Å². The smallest absolute Gasteiger partial charge is 0.233 e. The minimum absolute atomic E-state index is 0. The Balaban J connectivity index is 0.00000180. The highest BCUT2D eigenvalue weighted by Gasteiger charge is 2.06. The van der Waals surface area contributed by atoms with Gasteiger partial charge in [-0.2, -0.15) is 0 Å². The molecule has 20 heavy (non-hydrogen) atoms. The zero-order chi connectivity index (χ0) is 13.0. The van der Waals surface area contributed by atoms with Crippen molar-refractivity contribution in [3.63, 3.8) is 0 Å². The molecule has 0 atom stereocenters. The van der Waals surface area contributed by atoms with E-state index in [1.54, 1.807) is 0 Å². The van der Waals surface area contributed by atoms with Crippen LogP contribution in [0, 0.1) is 0 Å². The van der Waals surface area contributed by atoms with Gasteiger partial charge in [-0.1, -0.05) is 12.1 Å². The van der Waals surface area contributed by atoms with Crippen LogP contribution >= 0.6 is 24.8 Å². The van der Waals surface area contributed by atoms with Crippen LogP contribution in [0.2, 0.25) is 0 Å². The SMILES string of the molecule is Cl.Cl.Cn1c(CCCNC(=O)CN)nc2ccccc21. The average Bonchev–Trinajstić information content (AvgIpc) is 2.72. The topological polar surface area (TPSA) is 72.9 Å². The first kappa shape index (κ1) is 18.7. The number of aryl methyl sites for hydroxylation is 2. The molecule has 0 bridgehead atoms. The maximum Gasteiger partial charge on any atom is 0.233 e. The Morgan fingerprint density at radius 3 is 2.70 bits per heavy atom. The van der Waals surface area contributed by atoms with Gasteiger partial charge < -0.3 is 15.6 Å². The molecule has 0 unspecified atom stereocenters. The van der Waals surface area contributed by atoms with Gasteiger partial charge in [0.05, 0.1) is 17.6 Å². The van der Waals surface area contributed by atoms with Crippen LogP contribution in [0.4, 0.5) is 0 Å². The molecule has 0 aliphatic heterocycles. The summed E-state index contributed by atoms with van der Waals surface area (Å²) in [5.74, 6) is 0.929. The Kier molecular flexibility index (Phi) is 8.22. The summed E-state index contributed by atoms with van der Waals surface area (Å²) >= 11 is 0. The van der Waals surface area contributed by atoms with E-state index in [0.29, 0.717) is 6.54 Å². The van der Waals surface area contributed by atoms with Gasteiger partial charge in [0.2, 0.25) is 5.91 Å². The van der Waals surface area contributed by atoms with E-state index in [2.05, 4.69) is 20.9 Å². The zero-order valence-electron chi connectivity index (χ0n) is 11.3. The van der Waals surface area contributed by atoms with E-state index in [1.165, 1.54) is 0 Å². The summed E-state index contributed by atoms with van der Waals surface area (Å²) in [6.45, 7) is 0.686. The Morgan fingerprint density at radius 2 is 2.05 bits per heavy atom. The number of hydrogen-bond acceptors (Lipinski definition) is 3. The number of nitrogens with two attached hydrogens (primary N) is 1. The number of imidazole rings is 1. The second kappa shape index (κ2) is 8.79. The van der Waals surface area contributed by atoms with E-state index in [9.17, 15) is 4.79 Å². The summed E-state index contributed by atoms with van der Waals surface area (Å²) in [6, 6.07) is 8.06. The molecule has 0 spiro atoms. The molecule has 0 aliphatic rings. The first-order valence-electron chi connectivity index (χ1n) is 6.09. The van der Waals surface area contributed by atoms with Crippen molar-refractivity contribution in [1.29, 1.82) is 0 Å². The monoisotopic (exact) mass is 318 g/mol. The molecule has 5 nitrogen and oxygen atoms in total. The molecule has 1 amide bonds. The van der Waals surface area contributed by atoms with Gasteiger partial charge in [-0.15, -0.1) is 24.8 Å². The largest absolute Gasteiger partial charge is 0.355 e. The number of aromatic nitrogens is 2. The van der Waals surface area contributed by atoms with Gasteiger partial charge in [0.1, 0.15) is 5.82 Å². The Bertz CT molecular complexity index is 556. The zero-order valence-corrected chi connectivity index (χ0v) is 13.0. The molecule has 0 saturated carbocycles. The van der Waals surface area contributed by atoms with Crippen LogP contribution in [-0.4, -0.2) is 28.5 Å². The van der Waals surface area contributed by atoms with E-state index in [-0.39, 0.29) is 37.3 Å². The van der Waals surface area contributed by atoms with Crippen LogP contribution in [0.25, 0.3) is 11.0 Å². The summed E-state index contributed by atoms with van der Waals surface area (Å²) in [6.07, 6.45) is 1.71. The minimum Gasteiger partial charge on any atom is -0.355 e. The molecule has 112 valence electrons. The molecule has 0 aliphatic carbocycles. The molecule has 0 fully saturated rings. The predicted molar refractivity (Wildman–Crippen MR) is 85.6 cm³/mol. The van der Waals surface area contributed by atoms with Crippen molar-refractivity contribution in [2.24, 2.45) is 12.8 Å². The van der Waals surface area contributed by atoms with Crippen molar-refractivity contribution >= 4 is 41.8 Å². The van der Waals surface area contributed by atoms with E-state index >= 15 is 0 Å². The van der Waals surface area contributed by atoms with Crippen molar-refractivity contribution in [2.75, 3.05) is 13.1 Å². The minimum atomic E-state index is -0.111. The summed E-state index contributed by atoms with van der Waals surface area (Å²) in [7, 11) is 2.02. The Hall–Kier alpha value is -1.30. The van der Waals surface area contributed by atoms with Crippen molar-refractivity contribution < 1.29 is 4.79 Å². The second-order valence-electron chi connectivity index (χ2n) is 4.23. The van der Waals surface area contributed by atoms with Crippen LogP contribution in [-0.2, 0) is 18.3 Å². The van der Waals surface area contributed by atoms with Crippen molar-refractivity contribution in [3.05, 3.63) is 30.1 Å². The predicted octanol–water partition coefficient (Wildman–Crippen LogP) is 1.42. The molecule has 7 heteroatoms. The number of benzene rings is 1. The number of hydrogen-bond donors (Lipinski definition) is 2. The quantitative estimate of drug-likeness (QED) is 0.819. The fraction of sp³-hybridized carbons (Fsp3) is 0.385. The fourth-order valence-electron chi connectivity index (χ4n) is 1.97. The highest BCUT2D eigenvalue weighted by atomic mass is 35.5. The lowest BCUT2D eigenvalue weighted by Crippen LogP contribution is -2.31. The van der Waals surface area contributed by atoms with Crippen molar-refractivity contribution in [1.82, 2.24) is 14.9 Å². The molecule has 1 heterocycles. The van der Waals surface area contributed by atoms with Gasteiger partial charge in [0, 0.05) is 20.0 Å². The standard InChI is InChI=1S/C13H18N4O.2ClH/c1-17-11-6-3-2-5-10(11)16-12(17)7-4-8-15-13(18)9-14;;/h2-3,5-6H,4,7-9,14H2,1H3,(H,15,18);2*1H. The van der Waals surface area contributed by atoms with Crippen LogP contribution in [0.3, 0.4) is 0 Å². The Labute approximate surface area is 130 Å². The fourth-order valence-corrected chi connectivity index (χ4v) is 1.97. The van der Waals surface area contributed by atoms with E-state index in [4.69, 9.17) is 5.73 Å². The lowest BCUT2D eigenvalue weighted by molar-refractivity contribution is -0.119. The number of carbonyl (C=O) groups excluding carboxylic acids is 1. The van der Waals surface area contributed by atoms with E-state index < -0.39 is 0 Å². The molecule has 1 aromatic heterocycles. The molecule has 1 aromatic carbocycles. The second-order valence-corrected chi connectivity index (χ2v) is 4.23. The summed E-state index contributed by atoms with van der Waals surface area (Å²) in [4.78, 5) is 15.5. The van der Waals surface area contributed by atoms with Crippen LogP contribution in [0.1, 0.15) is 12.2 Å². The summed E-state index contributed by atoms with van der Waals surface area (Å²) in [5, 5.41) is 2.75. The average molecular weight is 319 g/mol. The third-order valence-corrected chi connectivity index (χ3v) is 2.96. The maximum absolute atomic E-state index is 11.0. The number of para-hydroxylation sites is 2. The first-order valence-corrected chi connectivity index (χ1v) is 6.09. The highest BCUT2D eigenvalue weighted by molar-refractivity contribution is 5.85. The number of nitrogens with zero attached hydrogens (tertiary/aromatic N) is 2. The van der Waals surface area contributed by atoms with Gasteiger partial charge in [-0.25, -0.2) is 4.98 Å². The molecular formula is C13H20Cl2N4O. The summed E-state index contributed by atoms with van der Waals surface area (Å²) < 4.78 is 2.10. The first-order chi connectivity index (χ1) is 8.72. The molecule has 2 rings (SSSR count). The van der Waals surface area contributed by atoms with E-state index in [1.807, 2.05) is 25.2 Å². The van der Waals surface area contributed by atoms with Crippen molar-refractivity contribution in [2.45, 2.75) is 12.8 Å². The van der Waals surface area contributed by atoms with Crippen LogP contribution < -0.4 is 11.1 Å². The van der Waals surface area contributed by atoms with Gasteiger partial charge in [-0.05, 0) is 18.6 Å². The highest BCUT2D eigenvalue weighted by Crippen LogP contribution is 2.14. The van der Waals surface area contributed by atoms with Crippen molar-refractivity contribution in [3.8, 4) is 0 Å². The third-order valence-electron chi connectivity index (χ3n) is 2.96. The summed E-state index contributed by atoms with van der Waals surface area (Å²) in [5.41, 5.74) is 7.36. The van der Waals surface area contributed by atoms with Gasteiger partial charge >= 0.3 is 0 Å². The number of fused-ring (bicyclic) bond motifs is 1. The number of rotatable bonds is 5. The number of amides is 1. The normalized spacial score (nSPS) is 9.70. The molecule has 2 aromatic rings. The number of carbonyl (C=O) groups is 1. The van der Waals surface area contributed by atoms with Gasteiger partial charge in [0.25, 0.3) is 0 Å². The van der Waals surface area contributed by atoms with Crippen LogP contribution in [0.5, 0.6) is 0 Å². The lowest BCUT2D eigenvalue weighted by Gasteiger charge is -2.04. The molecular weight excluding hydrogens is 299 g/mol. The molecule has 0 saturated heterocycles. The maximum atomic E-state index is 11.0. The van der Waals surface area contributed by atoms with Crippen LogP contribution in [0.15, 0.2) is 24.3 Å². The third kappa shape index (κ3) is 4.37. The number of nitrogens with one attached hydrogen (secondary N) is 1. The van der Waals surface area contributed by atoms with Gasteiger partial charge in [0.15, 0.2) is 0 Å². The number of halogens is 2. The van der Waals surface area contributed by atoms with E-state index in [0.717, 1.165) is 29.7 Å². The lowest BCUT2D eigenvalue weighted by atomic mass is 10.3. The Morgan fingerprint density at radius 1 is 1.35 bits per heavy atom. The molecule has 3 N–H and O–H groups in total.